The van der Waals surface area contributed by atoms with Gasteiger partial charge in [-0.25, -0.2) is 9.69 Å². The summed E-state index contributed by atoms with van der Waals surface area (Å²) < 4.78 is 40.5. The zero-order valence-corrected chi connectivity index (χ0v) is 14.5. The highest BCUT2D eigenvalue weighted by Crippen LogP contribution is 2.37. The van der Waals surface area contributed by atoms with Crippen LogP contribution in [0.2, 0.25) is 19.6 Å². The van der Waals surface area contributed by atoms with Gasteiger partial charge >= 0.3 is 12.3 Å². The molecule has 0 aromatic carbocycles. The van der Waals surface area contributed by atoms with Gasteiger partial charge in [0.2, 0.25) is 5.91 Å². The van der Waals surface area contributed by atoms with Crippen LogP contribution in [0.3, 0.4) is 0 Å². The zero-order chi connectivity index (χ0) is 18.3. The van der Waals surface area contributed by atoms with Crippen LogP contribution in [0.25, 0.3) is 0 Å². The monoisotopic (exact) mass is 364 g/mol. The normalized spacial score (nSPS) is 22.2. The third kappa shape index (κ3) is 4.13. The maximum Gasteiger partial charge on any atom is 0.414 e. The third-order valence-electron chi connectivity index (χ3n) is 3.67. The molecular formula is C13H19F3N4O3Si. The van der Waals surface area contributed by atoms with Crippen molar-refractivity contribution in [1.82, 2.24) is 19.9 Å². The predicted octanol–water partition coefficient (Wildman–Crippen LogP) is 2.16. The number of rotatable bonds is 4. The van der Waals surface area contributed by atoms with Gasteiger partial charge in [0, 0.05) is 24.7 Å². The molecular weight excluding hydrogens is 345 g/mol. The van der Waals surface area contributed by atoms with Crippen molar-refractivity contribution in [3.05, 3.63) is 11.9 Å². The lowest BCUT2D eigenvalue weighted by Gasteiger charge is -2.21. The van der Waals surface area contributed by atoms with Crippen LogP contribution in [0.4, 0.5) is 18.0 Å². The van der Waals surface area contributed by atoms with Gasteiger partial charge < -0.3 is 5.11 Å². The first-order chi connectivity index (χ1) is 10.9. The van der Waals surface area contributed by atoms with Crippen molar-refractivity contribution in [1.29, 1.82) is 0 Å². The molecule has 24 heavy (non-hydrogen) atoms. The molecule has 2 rings (SSSR count). The molecule has 2 heterocycles. The lowest BCUT2D eigenvalue weighted by molar-refractivity contribution is -0.175. The number of nitrogens with zero attached hydrogens (tertiary/aromatic N) is 4. The molecule has 1 aromatic heterocycles. The fraction of sp³-hybridized carbons (Fsp3) is 0.692. The molecule has 1 aliphatic heterocycles. The summed E-state index contributed by atoms with van der Waals surface area (Å²) in [5, 5.41) is 16.7. The molecule has 134 valence electrons. The van der Waals surface area contributed by atoms with Gasteiger partial charge in [-0.1, -0.05) is 24.9 Å². The average Bonchev–Trinajstić information content (AvgIpc) is 2.93. The van der Waals surface area contributed by atoms with Gasteiger partial charge in [-0.05, 0) is 6.42 Å². The molecule has 2 amide bonds. The number of alkyl halides is 3. The van der Waals surface area contributed by atoms with Crippen LogP contribution in [-0.2, 0) is 17.4 Å². The van der Waals surface area contributed by atoms with E-state index >= 15 is 0 Å². The van der Waals surface area contributed by atoms with Gasteiger partial charge in [0.05, 0.1) is 13.8 Å². The average molecular weight is 364 g/mol. The number of carbonyl (C=O) groups excluding carboxylic acids is 1. The van der Waals surface area contributed by atoms with E-state index in [1.54, 1.807) is 10.9 Å². The van der Waals surface area contributed by atoms with Crippen molar-refractivity contribution in [3.63, 3.8) is 0 Å². The van der Waals surface area contributed by atoms with E-state index in [1.165, 1.54) is 0 Å². The summed E-state index contributed by atoms with van der Waals surface area (Å²) in [6.45, 7) is 6.40. The summed E-state index contributed by atoms with van der Waals surface area (Å²) in [5.41, 5.74) is 0.389. The maximum absolute atomic E-state index is 13.0. The second-order valence-electron chi connectivity index (χ2n) is 7.15. The smallest absolute Gasteiger partial charge is 0.414 e. The molecule has 1 aromatic rings. The Balaban J connectivity index is 2.13. The first-order valence-corrected chi connectivity index (χ1v) is 11.1. The zero-order valence-electron chi connectivity index (χ0n) is 13.5. The molecule has 2 atom stereocenters. The Hall–Kier alpha value is -1.91. The number of carbonyl (C=O) groups is 2. The van der Waals surface area contributed by atoms with Gasteiger partial charge in [-0.3, -0.25) is 9.48 Å². The summed E-state index contributed by atoms with van der Waals surface area (Å²) in [7, 11) is -1.45. The highest BCUT2D eigenvalue weighted by Gasteiger charge is 2.55. The second-order valence-corrected chi connectivity index (χ2v) is 12.6. The SMILES string of the molecule is C[Si](C)(C)Cn1cc(CC2CC(C(F)(F)F)N(C(=O)O)C2=O)nn1. The number of amides is 2. The van der Waals surface area contributed by atoms with E-state index in [2.05, 4.69) is 30.0 Å². The number of hydrogen-bond acceptors (Lipinski definition) is 4. The minimum Gasteiger partial charge on any atom is -0.465 e. The van der Waals surface area contributed by atoms with Crippen LogP contribution in [0.5, 0.6) is 0 Å². The standard InChI is InChI=1S/C13H19F3N4O3Si/c1-24(2,3)7-19-6-9(17-18-19)4-8-5-10(13(14,15)16)20(11(8)21)12(22)23/h6,8,10H,4-5,7H2,1-3H3,(H,22,23). The molecule has 1 N–H and O–H groups in total. The van der Waals surface area contributed by atoms with Gasteiger partial charge in [0.1, 0.15) is 6.04 Å². The molecule has 0 bridgehead atoms. The first kappa shape index (κ1) is 18.4. The van der Waals surface area contributed by atoms with E-state index in [4.69, 9.17) is 5.11 Å². The van der Waals surface area contributed by atoms with Crippen molar-refractivity contribution >= 4 is 20.1 Å². The number of carboxylic acid groups (broad SMARTS) is 1. The van der Waals surface area contributed by atoms with Crippen molar-refractivity contribution in [2.24, 2.45) is 5.92 Å². The third-order valence-corrected chi connectivity index (χ3v) is 4.94. The van der Waals surface area contributed by atoms with E-state index in [9.17, 15) is 22.8 Å². The Morgan fingerprint density at radius 1 is 1.42 bits per heavy atom. The van der Waals surface area contributed by atoms with Crippen molar-refractivity contribution < 1.29 is 27.9 Å². The summed E-state index contributed by atoms with van der Waals surface area (Å²) in [5.74, 6) is -2.10. The lowest BCUT2D eigenvalue weighted by Crippen LogP contribution is -2.46. The fourth-order valence-corrected chi connectivity index (χ4v) is 3.88. The Morgan fingerprint density at radius 3 is 2.50 bits per heavy atom. The highest BCUT2D eigenvalue weighted by atomic mass is 28.3. The number of halogens is 3. The molecule has 1 fully saturated rings. The van der Waals surface area contributed by atoms with Crippen LogP contribution >= 0.6 is 0 Å². The summed E-state index contributed by atoms with van der Waals surface area (Å²) in [6.07, 6.45) is -5.00. The molecule has 0 aliphatic carbocycles. The van der Waals surface area contributed by atoms with E-state index in [0.29, 0.717) is 11.9 Å². The van der Waals surface area contributed by atoms with Crippen LogP contribution in [0.15, 0.2) is 6.20 Å². The van der Waals surface area contributed by atoms with Crippen LogP contribution in [-0.4, -0.2) is 57.3 Å². The summed E-state index contributed by atoms with van der Waals surface area (Å²) >= 11 is 0. The summed E-state index contributed by atoms with van der Waals surface area (Å²) in [4.78, 5) is 22.9. The second kappa shape index (κ2) is 6.19. The molecule has 0 radical (unpaired) electrons. The molecule has 0 spiro atoms. The van der Waals surface area contributed by atoms with Gasteiger partial charge in [-0.15, -0.1) is 5.10 Å². The minimum absolute atomic E-state index is 0.0547. The molecule has 11 heteroatoms. The van der Waals surface area contributed by atoms with E-state index in [-0.39, 0.29) is 11.3 Å². The first-order valence-electron chi connectivity index (χ1n) is 7.40. The van der Waals surface area contributed by atoms with Crippen molar-refractivity contribution in [2.45, 2.75) is 50.9 Å². The topological polar surface area (TPSA) is 88.3 Å². The molecule has 7 nitrogen and oxygen atoms in total. The molecule has 1 saturated heterocycles. The Kier molecular flexibility index (Phi) is 4.75. The van der Waals surface area contributed by atoms with Crippen LogP contribution in [0.1, 0.15) is 12.1 Å². The lowest BCUT2D eigenvalue weighted by atomic mass is 9.99. The number of likely N-dealkylation sites (tertiary alicyclic amines) is 1. The number of imide groups is 1. The fourth-order valence-electron chi connectivity index (χ4n) is 2.75. The van der Waals surface area contributed by atoms with E-state index in [1.807, 2.05) is 0 Å². The van der Waals surface area contributed by atoms with Gasteiger partial charge in [-0.2, -0.15) is 13.2 Å². The van der Waals surface area contributed by atoms with Gasteiger partial charge in [0.15, 0.2) is 0 Å². The number of aromatic nitrogens is 3. The Morgan fingerprint density at radius 2 is 2.04 bits per heavy atom. The molecule has 1 aliphatic rings. The maximum atomic E-state index is 13.0. The number of hydrogen-bond donors (Lipinski definition) is 1. The van der Waals surface area contributed by atoms with E-state index < -0.39 is 44.6 Å². The van der Waals surface area contributed by atoms with E-state index in [0.717, 1.165) is 0 Å². The Bertz CT molecular complexity index is 641. The quantitative estimate of drug-likeness (QED) is 0.827. The van der Waals surface area contributed by atoms with Crippen LogP contribution < -0.4 is 0 Å². The van der Waals surface area contributed by atoms with Crippen LogP contribution in [0, 0.1) is 5.92 Å². The van der Waals surface area contributed by atoms with Crippen molar-refractivity contribution in [3.8, 4) is 0 Å². The highest BCUT2D eigenvalue weighted by molar-refractivity contribution is 6.74. The summed E-state index contributed by atoms with van der Waals surface area (Å²) in [6, 6.07) is -2.30. The molecule has 0 saturated carbocycles. The predicted molar refractivity (Wildman–Crippen MR) is 79.9 cm³/mol. The van der Waals surface area contributed by atoms with Crippen molar-refractivity contribution in [2.75, 3.05) is 0 Å². The molecule has 2 unspecified atom stereocenters. The largest absolute Gasteiger partial charge is 0.465 e. The minimum atomic E-state index is -4.78. The van der Waals surface area contributed by atoms with Gasteiger partial charge in [0.25, 0.3) is 0 Å². The Labute approximate surface area is 137 Å².